The molecule has 11 nitrogen and oxygen atoms in total. The molecule has 8 N–H and O–H groups in total. The molecule has 26 heavy (non-hydrogen) atoms. The quantitative estimate of drug-likeness (QED) is 0.199. The Balaban J connectivity index is 4.67. The monoisotopic (exact) mass is 392 g/mol. The Morgan fingerprint density at radius 1 is 1.12 bits per heavy atom. The predicted octanol–water partition coefficient (Wildman–Crippen LogP) is -2.28. The van der Waals surface area contributed by atoms with E-state index in [1.54, 1.807) is 6.92 Å². The van der Waals surface area contributed by atoms with E-state index in [1.165, 1.54) is 11.8 Å². The van der Waals surface area contributed by atoms with Gasteiger partial charge in [-0.25, -0.2) is 0 Å². The second-order valence-corrected chi connectivity index (χ2v) is 6.63. The van der Waals surface area contributed by atoms with E-state index < -0.39 is 54.2 Å². The summed E-state index contributed by atoms with van der Waals surface area (Å²) in [4.78, 5) is 56.1. The van der Waals surface area contributed by atoms with Crippen LogP contribution in [-0.4, -0.2) is 70.0 Å². The van der Waals surface area contributed by atoms with Crippen molar-refractivity contribution in [2.45, 2.75) is 31.8 Å². The number of carboxylic acids is 2. The zero-order valence-electron chi connectivity index (χ0n) is 14.3. The first-order valence-electron chi connectivity index (χ1n) is 7.68. The Labute approximate surface area is 154 Å². The molecule has 0 radical (unpaired) electrons. The SMILES string of the molecule is CC(CSCC(NC(=O)CCC(N)C(=O)O)C(=O)NCC(=O)O)C(N)=O. The van der Waals surface area contributed by atoms with E-state index in [4.69, 9.17) is 21.7 Å². The number of carbonyl (C=O) groups is 5. The fourth-order valence-electron chi connectivity index (χ4n) is 1.59. The van der Waals surface area contributed by atoms with Gasteiger partial charge >= 0.3 is 11.9 Å². The molecule has 0 heterocycles. The number of rotatable bonds is 13. The average molecular weight is 392 g/mol. The fraction of sp³-hybridized carbons (Fsp3) is 0.643. The van der Waals surface area contributed by atoms with Crippen molar-refractivity contribution in [1.29, 1.82) is 0 Å². The third kappa shape index (κ3) is 10.5. The Morgan fingerprint density at radius 2 is 1.73 bits per heavy atom. The highest BCUT2D eigenvalue weighted by Crippen LogP contribution is 2.10. The highest BCUT2D eigenvalue weighted by Gasteiger charge is 2.23. The zero-order chi connectivity index (χ0) is 20.3. The molecule has 0 rings (SSSR count). The average Bonchev–Trinajstić information content (AvgIpc) is 2.55. The van der Waals surface area contributed by atoms with E-state index in [9.17, 15) is 24.0 Å². The van der Waals surface area contributed by atoms with Gasteiger partial charge in [-0.1, -0.05) is 6.92 Å². The molecule has 0 fully saturated rings. The van der Waals surface area contributed by atoms with E-state index in [2.05, 4.69) is 10.6 Å². The summed E-state index contributed by atoms with van der Waals surface area (Å²) in [6, 6.07) is -2.25. The van der Waals surface area contributed by atoms with Crippen LogP contribution in [-0.2, 0) is 24.0 Å². The van der Waals surface area contributed by atoms with Gasteiger partial charge in [0.05, 0.1) is 0 Å². The van der Waals surface area contributed by atoms with Gasteiger partial charge in [-0.05, 0) is 6.42 Å². The van der Waals surface area contributed by atoms with Crippen LogP contribution in [0, 0.1) is 5.92 Å². The molecule has 0 saturated heterocycles. The summed E-state index contributed by atoms with van der Waals surface area (Å²) >= 11 is 1.19. The van der Waals surface area contributed by atoms with Gasteiger partial charge in [-0.3, -0.25) is 24.0 Å². The van der Waals surface area contributed by atoms with Gasteiger partial charge < -0.3 is 32.3 Å². The minimum absolute atomic E-state index is 0.0831. The first kappa shape index (κ1) is 23.7. The molecule has 0 saturated carbocycles. The molecule has 0 spiro atoms. The molecular formula is C14H24N4O7S. The number of thioether (sulfide) groups is 1. The molecular weight excluding hydrogens is 368 g/mol. The van der Waals surface area contributed by atoms with Crippen LogP contribution in [0.2, 0.25) is 0 Å². The number of amides is 3. The second kappa shape index (κ2) is 12.1. The molecule has 3 unspecified atom stereocenters. The highest BCUT2D eigenvalue weighted by molar-refractivity contribution is 7.99. The van der Waals surface area contributed by atoms with E-state index in [-0.39, 0.29) is 18.6 Å². The van der Waals surface area contributed by atoms with Gasteiger partial charge in [0.15, 0.2) is 0 Å². The van der Waals surface area contributed by atoms with Gasteiger partial charge in [0.1, 0.15) is 18.6 Å². The maximum atomic E-state index is 12.0. The topological polar surface area (TPSA) is 202 Å². The summed E-state index contributed by atoms with van der Waals surface area (Å²) < 4.78 is 0. The summed E-state index contributed by atoms with van der Waals surface area (Å²) in [5.74, 6) is -4.33. The van der Waals surface area contributed by atoms with Crippen molar-refractivity contribution >= 4 is 41.4 Å². The number of nitrogens with two attached hydrogens (primary N) is 2. The summed E-state index contributed by atoms with van der Waals surface area (Å²) in [7, 11) is 0. The number of primary amides is 1. The molecule has 0 aliphatic rings. The molecule has 3 atom stereocenters. The maximum absolute atomic E-state index is 12.0. The van der Waals surface area contributed by atoms with Crippen LogP contribution in [0.4, 0.5) is 0 Å². The number of carboxylic acid groups (broad SMARTS) is 2. The number of hydrogen-bond acceptors (Lipinski definition) is 7. The maximum Gasteiger partial charge on any atom is 0.322 e. The number of aliphatic carboxylic acids is 2. The van der Waals surface area contributed by atoms with Gasteiger partial charge in [0.25, 0.3) is 0 Å². The van der Waals surface area contributed by atoms with Crippen LogP contribution in [0.5, 0.6) is 0 Å². The molecule has 0 aliphatic carbocycles. The molecule has 148 valence electrons. The lowest BCUT2D eigenvalue weighted by molar-refractivity contribution is -0.139. The summed E-state index contributed by atoms with van der Waals surface area (Å²) in [5, 5.41) is 21.9. The Kier molecular flexibility index (Phi) is 11.0. The second-order valence-electron chi connectivity index (χ2n) is 5.56. The summed E-state index contributed by atoms with van der Waals surface area (Å²) in [5.41, 5.74) is 10.4. The van der Waals surface area contributed by atoms with Crippen LogP contribution >= 0.6 is 11.8 Å². The summed E-state index contributed by atoms with van der Waals surface area (Å²) in [6.07, 6.45) is -0.324. The normalized spacial score (nSPS) is 13.9. The molecule has 3 amide bonds. The van der Waals surface area contributed by atoms with Crippen molar-refractivity contribution in [3.8, 4) is 0 Å². The number of nitrogens with one attached hydrogen (secondary N) is 2. The van der Waals surface area contributed by atoms with Crippen LogP contribution < -0.4 is 22.1 Å². The third-order valence-electron chi connectivity index (χ3n) is 3.20. The van der Waals surface area contributed by atoms with Crippen LogP contribution in [0.25, 0.3) is 0 Å². The minimum Gasteiger partial charge on any atom is -0.480 e. The smallest absolute Gasteiger partial charge is 0.322 e. The first-order valence-corrected chi connectivity index (χ1v) is 8.84. The van der Waals surface area contributed by atoms with Crippen LogP contribution in [0.1, 0.15) is 19.8 Å². The molecule has 0 bridgehead atoms. The Morgan fingerprint density at radius 3 is 2.23 bits per heavy atom. The van der Waals surface area contributed by atoms with Gasteiger partial charge in [0, 0.05) is 23.8 Å². The number of hydrogen-bond donors (Lipinski definition) is 6. The van der Waals surface area contributed by atoms with E-state index >= 15 is 0 Å². The van der Waals surface area contributed by atoms with Gasteiger partial charge in [0.2, 0.25) is 17.7 Å². The van der Waals surface area contributed by atoms with Crippen molar-refractivity contribution in [2.75, 3.05) is 18.1 Å². The third-order valence-corrected chi connectivity index (χ3v) is 4.51. The summed E-state index contributed by atoms with van der Waals surface area (Å²) in [6.45, 7) is 0.998. The van der Waals surface area contributed by atoms with E-state index in [0.717, 1.165) is 0 Å². The lowest BCUT2D eigenvalue weighted by Crippen LogP contribution is -2.49. The standard InChI is InChI=1S/C14H24N4O7S/c1-7(12(16)22)5-26-6-9(13(23)17-4-11(20)21)18-10(19)3-2-8(15)14(24)25/h7-9H,2-6,15H2,1H3,(H2,16,22)(H,17,23)(H,18,19)(H,20,21)(H,24,25). The van der Waals surface area contributed by atoms with Crippen molar-refractivity contribution in [1.82, 2.24) is 10.6 Å². The van der Waals surface area contributed by atoms with Crippen molar-refractivity contribution in [3.05, 3.63) is 0 Å². The first-order chi connectivity index (χ1) is 12.0. The fourth-order valence-corrected chi connectivity index (χ4v) is 2.71. The molecule has 12 heteroatoms. The number of carbonyl (C=O) groups excluding carboxylic acids is 3. The van der Waals surface area contributed by atoms with Crippen molar-refractivity contribution < 1.29 is 34.2 Å². The molecule has 0 aromatic heterocycles. The molecule has 0 aromatic carbocycles. The highest BCUT2D eigenvalue weighted by atomic mass is 32.2. The van der Waals surface area contributed by atoms with Gasteiger partial charge in [-0.2, -0.15) is 11.8 Å². The Bertz CT molecular complexity index is 543. The lowest BCUT2D eigenvalue weighted by Gasteiger charge is -2.18. The molecule has 0 aliphatic heterocycles. The van der Waals surface area contributed by atoms with E-state index in [0.29, 0.717) is 5.75 Å². The van der Waals surface area contributed by atoms with Gasteiger partial charge in [-0.15, -0.1) is 0 Å². The minimum atomic E-state index is -1.25. The largest absolute Gasteiger partial charge is 0.480 e. The molecule has 0 aromatic rings. The zero-order valence-corrected chi connectivity index (χ0v) is 15.1. The van der Waals surface area contributed by atoms with Crippen LogP contribution in [0.3, 0.4) is 0 Å². The lowest BCUT2D eigenvalue weighted by atomic mass is 10.1. The van der Waals surface area contributed by atoms with E-state index in [1.807, 2.05) is 0 Å². The predicted molar refractivity (Wildman–Crippen MR) is 93.1 cm³/mol. The van der Waals surface area contributed by atoms with Crippen molar-refractivity contribution in [3.63, 3.8) is 0 Å². The Hall–Kier alpha value is -2.34. The van der Waals surface area contributed by atoms with Crippen molar-refractivity contribution in [2.24, 2.45) is 17.4 Å². The van der Waals surface area contributed by atoms with Crippen LogP contribution in [0.15, 0.2) is 0 Å².